The number of hydrogen-bond donors (Lipinski definition) is 1. The molecule has 2 saturated heterocycles. The molecule has 0 aliphatic carbocycles. The summed E-state index contributed by atoms with van der Waals surface area (Å²) in [6.07, 6.45) is 3.26. The van der Waals surface area contributed by atoms with E-state index < -0.39 is 11.6 Å². The minimum absolute atomic E-state index is 0.0928. The largest absolute Gasteiger partial charge is 0.355 e. The van der Waals surface area contributed by atoms with Gasteiger partial charge in [0, 0.05) is 31.7 Å². The summed E-state index contributed by atoms with van der Waals surface area (Å²) in [6, 6.07) is 4.40. The molecule has 0 aromatic heterocycles. The molecule has 1 spiro atoms. The van der Waals surface area contributed by atoms with E-state index in [1.54, 1.807) is 12.1 Å². The van der Waals surface area contributed by atoms with Crippen LogP contribution in [0.5, 0.6) is 0 Å². The van der Waals surface area contributed by atoms with Crippen molar-refractivity contribution in [1.29, 1.82) is 0 Å². The SMILES string of the molecule is CC(C)CNC(=O)CN1CC[C@]2(CCCN(Cc3cccc(F)c3F)C2)C1. The van der Waals surface area contributed by atoms with Crippen LogP contribution < -0.4 is 5.32 Å². The van der Waals surface area contributed by atoms with E-state index in [0.717, 1.165) is 51.5 Å². The third-order valence-electron chi connectivity index (χ3n) is 5.76. The third kappa shape index (κ3) is 5.26. The summed E-state index contributed by atoms with van der Waals surface area (Å²) in [5, 5.41) is 2.99. The Morgan fingerprint density at radius 1 is 1.19 bits per heavy atom. The average Bonchev–Trinajstić information content (AvgIpc) is 2.99. The van der Waals surface area contributed by atoms with Crippen molar-refractivity contribution in [2.24, 2.45) is 11.3 Å². The van der Waals surface area contributed by atoms with Gasteiger partial charge in [-0.2, -0.15) is 0 Å². The maximum absolute atomic E-state index is 14.0. The lowest BCUT2D eigenvalue weighted by Crippen LogP contribution is -2.45. The van der Waals surface area contributed by atoms with E-state index in [9.17, 15) is 13.6 Å². The lowest BCUT2D eigenvalue weighted by molar-refractivity contribution is -0.122. The Labute approximate surface area is 160 Å². The molecule has 3 rings (SSSR count). The molecule has 150 valence electrons. The van der Waals surface area contributed by atoms with Gasteiger partial charge in [-0.15, -0.1) is 0 Å². The van der Waals surface area contributed by atoms with Crippen LogP contribution in [-0.2, 0) is 11.3 Å². The highest BCUT2D eigenvalue weighted by molar-refractivity contribution is 5.78. The first-order chi connectivity index (χ1) is 12.9. The van der Waals surface area contributed by atoms with E-state index >= 15 is 0 Å². The van der Waals surface area contributed by atoms with Gasteiger partial charge in [0.05, 0.1) is 6.54 Å². The highest BCUT2D eigenvalue weighted by Crippen LogP contribution is 2.39. The van der Waals surface area contributed by atoms with Gasteiger partial charge < -0.3 is 5.32 Å². The van der Waals surface area contributed by atoms with Gasteiger partial charge in [-0.05, 0) is 49.8 Å². The van der Waals surface area contributed by atoms with Crippen molar-refractivity contribution < 1.29 is 13.6 Å². The van der Waals surface area contributed by atoms with Gasteiger partial charge in [-0.3, -0.25) is 14.6 Å². The lowest BCUT2D eigenvalue weighted by Gasteiger charge is -2.40. The van der Waals surface area contributed by atoms with E-state index in [1.807, 2.05) is 0 Å². The molecular weight excluding hydrogens is 348 g/mol. The summed E-state index contributed by atoms with van der Waals surface area (Å²) in [6.45, 7) is 9.41. The highest BCUT2D eigenvalue weighted by atomic mass is 19.2. The molecule has 2 aliphatic rings. The van der Waals surface area contributed by atoms with E-state index in [-0.39, 0.29) is 11.3 Å². The molecule has 0 saturated carbocycles. The Morgan fingerprint density at radius 3 is 2.74 bits per heavy atom. The van der Waals surface area contributed by atoms with Gasteiger partial charge in [0.1, 0.15) is 0 Å². The second-order valence-corrected chi connectivity index (χ2v) is 8.69. The topological polar surface area (TPSA) is 35.6 Å². The molecule has 0 unspecified atom stereocenters. The monoisotopic (exact) mass is 379 g/mol. The summed E-state index contributed by atoms with van der Waals surface area (Å²) < 4.78 is 27.5. The van der Waals surface area contributed by atoms with Gasteiger partial charge in [-0.1, -0.05) is 26.0 Å². The second kappa shape index (κ2) is 8.65. The van der Waals surface area contributed by atoms with Crippen molar-refractivity contribution in [2.45, 2.75) is 39.7 Å². The molecule has 1 amide bonds. The fourth-order valence-corrected chi connectivity index (χ4v) is 4.43. The van der Waals surface area contributed by atoms with E-state index in [4.69, 9.17) is 0 Å². The summed E-state index contributed by atoms with van der Waals surface area (Å²) in [7, 11) is 0. The number of nitrogens with one attached hydrogen (secondary N) is 1. The Balaban J connectivity index is 1.54. The number of benzene rings is 1. The number of rotatable bonds is 6. The van der Waals surface area contributed by atoms with Crippen molar-refractivity contribution in [3.05, 3.63) is 35.4 Å². The second-order valence-electron chi connectivity index (χ2n) is 8.69. The minimum Gasteiger partial charge on any atom is -0.355 e. The van der Waals surface area contributed by atoms with Crippen LogP contribution in [-0.4, -0.2) is 55.0 Å². The number of amides is 1. The van der Waals surface area contributed by atoms with Crippen molar-refractivity contribution in [3.8, 4) is 0 Å². The molecule has 1 aromatic carbocycles. The summed E-state index contributed by atoms with van der Waals surface area (Å²) in [4.78, 5) is 16.6. The molecule has 6 heteroatoms. The molecule has 2 heterocycles. The molecular formula is C21H31F2N3O. The third-order valence-corrected chi connectivity index (χ3v) is 5.76. The van der Waals surface area contributed by atoms with Crippen LogP contribution in [0.15, 0.2) is 18.2 Å². The molecule has 1 atom stereocenters. The Hall–Kier alpha value is -1.53. The van der Waals surface area contributed by atoms with Gasteiger partial charge in [-0.25, -0.2) is 8.78 Å². The van der Waals surface area contributed by atoms with Gasteiger partial charge in [0.15, 0.2) is 11.6 Å². The van der Waals surface area contributed by atoms with Crippen molar-refractivity contribution in [1.82, 2.24) is 15.1 Å². The number of carbonyl (C=O) groups excluding carboxylic acids is 1. The summed E-state index contributed by atoms with van der Waals surface area (Å²) in [5.74, 6) is -0.963. The molecule has 2 fully saturated rings. The van der Waals surface area contributed by atoms with Crippen LogP contribution in [0.2, 0.25) is 0 Å². The van der Waals surface area contributed by atoms with Gasteiger partial charge in [0.2, 0.25) is 5.91 Å². The maximum atomic E-state index is 14.0. The molecule has 1 aromatic rings. The van der Waals surface area contributed by atoms with E-state index in [2.05, 4.69) is 29.0 Å². The first kappa shape index (κ1) is 20.2. The smallest absolute Gasteiger partial charge is 0.234 e. The minimum atomic E-state index is -0.779. The number of hydrogen-bond acceptors (Lipinski definition) is 3. The molecule has 4 nitrogen and oxygen atoms in total. The van der Waals surface area contributed by atoms with Crippen LogP contribution in [0.25, 0.3) is 0 Å². The fourth-order valence-electron chi connectivity index (χ4n) is 4.43. The van der Waals surface area contributed by atoms with E-state index in [0.29, 0.717) is 31.1 Å². The normalized spacial score (nSPS) is 24.0. The Kier molecular flexibility index (Phi) is 6.48. The zero-order chi connectivity index (χ0) is 19.4. The predicted molar refractivity (Wildman–Crippen MR) is 102 cm³/mol. The lowest BCUT2D eigenvalue weighted by atomic mass is 9.79. The van der Waals surface area contributed by atoms with Gasteiger partial charge >= 0.3 is 0 Å². The predicted octanol–water partition coefficient (Wildman–Crippen LogP) is 3.02. The van der Waals surface area contributed by atoms with Crippen molar-refractivity contribution >= 4 is 5.91 Å². The van der Waals surface area contributed by atoms with Crippen LogP contribution >= 0.6 is 0 Å². The first-order valence-electron chi connectivity index (χ1n) is 10.0. The van der Waals surface area contributed by atoms with Crippen LogP contribution in [0, 0.1) is 23.0 Å². The molecule has 27 heavy (non-hydrogen) atoms. The van der Waals surface area contributed by atoms with Gasteiger partial charge in [0.25, 0.3) is 0 Å². The Bertz CT molecular complexity index is 667. The van der Waals surface area contributed by atoms with E-state index in [1.165, 1.54) is 0 Å². The van der Waals surface area contributed by atoms with Crippen molar-refractivity contribution in [3.63, 3.8) is 0 Å². The zero-order valence-corrected chi connectivity index (χ0v) is 16.4. The standard InChI is InChI=1S/C21H31F2N3O/c1-16(2)11-24-19(27)13-26-10-8-21(15-26)7-4-9-25(14-21)12-17-5-3-6-18(22)20(17)23/h3,5-6,16H,4,7-15H2,1-2H3,(H,24,27)/t21-/m0/s1. The zero-order valence-electron chi connectivity index (χ0n) is 16.4. The molecule has 1 N–H and O–H groups in total. The summed E-state index contributed by atoms with van der Waals surface area (Å²) in [5.41, 5.74) is 0.593. The number of carbonyl (C=O) groups is 1. The maximum Gasteiger partial charge on any atom is 0.234 e. The molecule has 2 aliphatic heterocycles. The quantitative estimate of drug-likeness (QED) is 0.825. The Morgan fingerprint density at radius 2 is 1.96 bits per heavy atom. The number of halogens is 2. The molecule has 0 bridgehead atoms. The van der Waals surface area contributed by atoms with Crippen LogP contribution in [0.3, 0.4) is 0 Å². The summed E-state index contributed by atoms with van der Waals surface area (Å²) >= 11 is 0. The highest BCUT2D eigenvalue weighted by Gasteiger charge is 2.41. The van der Waals surface area contributed by atoms with Crippen LogP contribution in [0.4, 0.5) is 8.78 Å². The first-order valence-corrected chi connectivity index (χ1v) is 10.0. The fraction of sp³-hybridized carbons (Fsp3) is 0.667. The average molecular weight is 379 g/mol. The van der Waals surface area contributed by atoms with Crippen LogP contribution in [0.1, 0.15) is 38.7 Å². The molecule has 0 radical (unpaired) electrons. The van der Waals surface area contributed by atoms with Crippen molar-refractivity contribution in [2.75, 3.05) is 39.3 Å². The number of piperidine rings is 1. The number of nitrogens with zero attached hydrogens (tertiary/aromatic N) is 2. The number of likely N-dealkylation sites (tertiary alicyclic amines) is 2.